The summed E-state index contributed by atoms with van der Waals surface area (Å²) in [7, 11) is 0. The van der Waals surface area contributed by atoms with Crippen LogP contribution in [0.3, 0.4) is 0 Å². The number of hydrogen-bond donors (Lipinski definition) is 1. The maximum Gasteiger partial charge on any atom is 0.411 e. The quantitative estimate of drug-likeness (QED) is 0.644. The van der Waals surface area contributed by atoms with Crippen LogP contribution in [0.4, 0.5) is 17.6 Å². The first-order chi connectivity index (χ1) is 8.79. The molecule has 0 aromatic heterocycles. The molecule has 0 radical (unpaired) electrons. The first-order valence-electron chi connectivity index (χ1n) is 5.54. The third kappa shape index (κ3) is 5.89. The van der Waals surface area contributed by atoms with E-state index in [1.165, 1.54) is 13.0 Å². The van der Waals surface area contributed by atoms with Gasteiger partial charge in [0.25, 0.3) is 0 Å². The Bertz CT molecular complexity index is 404. The highest BCUT2D eigenvalue weighted by molar-refractivity contribution is 5.35. The Balaban J connectivity index is 2.45. The van der Waals surface area contributed by atoms with Crippen molar-refractivity contribution in [2.24, 2.45) is 0 Å². The van der Waals surface area contributed by atoms with Crippen LogP contribution in [0.1, 0.15) is 18.6 Å². The Morgan fingerprint density at radius 3 is 2.53 bits per heavy atom. The normalized spacial score (nSPS) is 13.4. The van der Waals surface area contributed by atoms with Crippen LogP contribution in [0.2, 0.25) is 0 Å². The summed E-state index contributed by atoms with van der Waals surface area (Å²) in [5.74, 6) is -0.316. The average Bonchev–Trinajstić information content (AvgIpc) is 2.28. The zero-order chi connectivity index (χ0) is 14.5. The highest BCUT2D eigenvalue weighted by Crippen LogP contribution is 2.25. The zero-order valence-corrected chi connectivity index (χ0v) is 10.2. The smallest absolute Gasteiger partial charge is 0.411 e. The molecule has 0 aliphatic carbocycles. The Hall–Kier alpha value is -1.34. The predicted molar refractivity (Wildman–Crippen MR) is 59.4 cm³/mol. The largest absolute Gasteiger partial charge is 0.491 e. The summed E-state index contributed by atoms with van der Waals surface area (Å²) in [4.78, 5) is 0. The number of hydrogen-bond acceptors (Lipinski definition) is 3. The molecule has 0 bridgehead atoms. The lowest BCUT2D eigenvalue weighted by Crippen LogP contribution is -2.19. The molecule has 1 N–H and O–H groups in total. The van der Waals surface area contributed by atoms with Crippen LogP contribution in [-0.2, 0) is 4.74 Å². The van der Waals surface area contributed by atoms with Gasteiger partial charge in [-0.05, 0) is 25.1 Å². The molecule has 1 rings (SSSR count). The summed E-state index contributed by atoms with van der Waals surface area (Å²) in [5.41, 5.74) is 0.232. The first-order valence-corrected chi connectivity index (χ1v) is 5.54. The van der Waals surface area contributed by atoms with E-state index in [9.17, 15) is 22.7 Å². The van der Waals surface area contributed by atoms with E-state index in [4.69, 9.17) is 4.74 Å². The van der Waals surface area contributed by atoms with Crippen molar-refractivity contribution in [3.05, 3.63) is 29.6 Å². The van der Waals surface area contributed by atoms with Crippen molar-refractivity contribution in [2.75, 3.05) is 19.8 Å². The van der Waals surface area contributed by atoms with Crippen LogP contribution in [0.5, 0.6) is 5.75 Å². The summed E-state index contributed by atoms with van der Waals surface area (Å²) in [6.07, 6.45) is -5.32. The minimum Gasteiger partial charge on any atom is -0.491 e. The van der Waals surface area contributed by atoms with Crippen molar-refractivity contribution in [2.45, 2.75) is 19.2 Å². The highest BCUT2D eigenvalue weighted by atomic mass is 19.4. The molecule has 0 aliphatic heterocycles. The Kier molecular flexibility index (Phi) is 5.56. The van der Waals surface area contributed by atoms with E-state index in [1.807, 2.05) is 0 Å². The van der Waals surface area contributed by atoms with Crippen LogP contribution in [0, 0.1) is 5.82 Å². The van der Waals surface area contributed by atoms with Gasteiger partial charge in [-0.15, -0.1) is 0 Å². The van der Waals surface area contributed by atoms with Crippen LogP contribution in [-0.4, -0.2) is 31.1 Å². The van der Waals surface area contributed by atoms with Gasteiger partial charge in [0.1, 0.15) is 24.8 Å². The second kappa shape index (κ2) is 6.72. The van der Waals surface area contributed by atoms with Crippen LogP contribution in [0.15, 0.2) is 18.2 Å². The van der Waals surface area contributed by atoms with Crippen molar-refractivity contribution in [1.82, 2.24) is 0 Å². The average molecular weight is 282 g/mol. The summed E-state index contributed by atoms with van der Waals surface area (Å²) in [5, 5.41) is 9.41. The number of aliphatic hydroxyl groups is 1. The molecular weight excluding hydrogens is 268 g/mol. The van der Waals surface area contributed by atoms with Crippen LogP contribution >= 0.6 is 0 Å². The number of rotatable bonds is 6. The van der Waals surface area contributed by atoms with Crippen molar-refractivity contribution < 1.29 is 32.1 Å². The number of benzene rings is 1. The molecule has 108 valence electrons. The zero-order valence-electron chi connectivity index (χ0n) is 10.2. The molecule has 0 unspecified atom stereocenters. The Morgan fingerprint density at radius 1 is 1.26 bits per heavy atom. The molecule has 1 aromatic rings. The van der Waals surface area contributed by atoms with Crippen LogP contribution < -0.4 is 4.74 Å². The third-order valence-corrected chi connectivity index (χ3v) is 2.17. The fourth-order valence-electron chi connectivity index (χ4n) is 1.38. The summed E-state index contributed by atoms with van der Waals surface area (Å²) >= 11 is 0. The molecule has 0 amide bonds. The van der Waals surface area contributed by atoms with E-state index in [1.54, 1.807) is 0 Å². The van der Waals surface area contributed by atoms with Gasteiger partial charge in [-0.3, -0.25) is 0 Å². The van der Waals surface area contributed by atoms with Crippen molar-refractivity contribution in [3.63, 3.8) is 0 Å². The lowest BCUT2D eigenvalue weighted by atomic mass is 10.1. The van der Waals surface area contributed by atoms with E-state index in [-0.39, 0.29) is 24.5 Å². The highest BCUT2D eigenvalue weighted by Gasteiger charge is 2.27. The lowest BCUT2D eigenvalue weighted by molar-refractivity contribution is -0.175. The molecule has 7 heteroatoms. The molecule has 1 aromatic carbocycles. The second-order valence-corrected chi connectivity index (χ2v) is 3.87. The fraction of sp³-hybridized carbons (Fsp3) is 0.500. The molecule has 3 nitrogen and oxygen atoms in total. The van der Waals surface area contributed by atoms with E-state index in [2.05, 4.69) is 4.74 Å². The molecule has 1 atom stereocenters. The standard InChI is InChI=1S/C12H14F4O3/c1-8(17)10-6-9(13)2-3-11(10)19-5-4-18-7-12(14,15)16/h2-3,6,8,17H,4-5,7H2,1H3/t8-/m1/s1. The molecule has 0 saturated heterocycles. The molecular formula is C12H14F4O3. The SMILES string of the molecule is C[C@@H](O)c1cc(F)ccc1OCCOCC(F)(F)F. The van der Waals surface area contributed by atoms with Gasteiger partial charge < -0.3 is 14.6 Å². The lowest BCUT2D eigenvalue weighted by Gasteiger charge is -2.14. The van der Waals surface area contributed by atoms with Crippen molar-refractivity contribution in [3.8, 4) is 5.75 Å². The molecule has 0 spiro atoms. The van der Waals surface area contributed by atoms with Gasteiger partial charge in [0.2, 0.25) is 0 Å². The molecule has 0 fully saturated rings. The van der Waals surface area contributed by atoms with Gasteiger partial charge >= 0.3 is 6.18 Å². The molecule has 0 saturated carbocycles. The number of aliphatic hydroxyl groups excluding tert-OH is 1. The Morgan fingerprint density at radius 2 is 1.95 bits per heavy atom. The van der Waals surface area contributed by atoms with Gasteiger partial charge in [-0.25, -0.2) is 4.39 Å². The van der Waals surface area contributed by atoms with Crippen LogP contribution in [0.25, 0.3) is 0 Å². The maximum atomic E-state index is 13.0. The van der Waals surface area contributed by atoms with E-state index >= 15 is 0 Å². The van der Waals surface area contributed by atoms with Gasteiger partial charge in [0.05, 0.1) is 12.7 Å². The van der Waals surface area contributed by atoms with E-state index in [0.717, 1.165) is 12.1 Å². The Labute approximate surface area is 107 Å². The molecule has 19 heavy (non-hydrogen) atoms. The summed E-state index contributed by atoms with van der Waals surface area (Å²) < 4.78 is 57.8. The number of alkyl halides is 3. The van der Waals surface area contributed by atoms with E-state index in [0.29, 0.717) is 0 Å². The van der Waals surface area contributed by atoms with Gasteiger partial charge in [-0.2, -0.15) is 13.2 Å². The third-order valence-electron chi connectivity index (χ3n) is 2.17. The molecule has 0 heterocycles. The minimum absolute atomic E-state index is 0.124. The minimum atomic E-state index is -4.37. The van der Waals surface area contributed by atoms with E-state index < -0.39 is 24.7 Å². The fourth-order valence-corrected chi connectivity index (χ4v) is 1.38. The summed E-state index contributed by atoms with van der Waals surface area (Å²) in [6, 6.07) is 3.55. The second-order valence-electron chi connectivity index (χ2n) is 3.87. The monoisotopic (exact) mass is 282 g/mol. The van der Waals surface area contributed by atoms with Gasteiger partial charge in [0, 0.05) is 5.56 Å². The number of halogens is 4. The number of ether oxygens (including phenoxy) is 2. The maximum absolute atomic E-state index is 13.0. The molecule has 0 aliphatic rings. The van der Waals surface area contributed by atoms with Gasteiger partial charge in [-0.1, -0.05) is 0 Å². The van der Waals surface area contributed by atoms with Crippen molar-refractivity contribution >= 4 is 0 Å². The predicted octanol–water partition coefficient (Wildman–Crippen LogP) is 2.84. The summed E-state index contributed by atoms with van der Waals surface area (Å²) in [6.45, 7) is -0.289. The van der Waals surface area contributed by atoms with Gasteiger partial charge in [0.15, 0.2) is 0 Å². The van der Waals surface area contributed by atoms with Crippen molar-refractivity contribution in [1.29, 1.82) is 0 Å². The first kappa shape index (κ1) is 15.7. The topological polar surface area (TPSA) is 38.7 Å².